The predicted octanol–water partition coefficient (Wildman–Crippen LogP) is 5.93. The van der Waals surface area contributed by atoms with Crippen molar-refractivity contribution in [3.05, 3.63) is 54.1 Å². The molecule has 134 valence electrons. The van der Waals surface area contributed by atoms with Gasteiger partial charge in [-0.1, -0.05) is 49.7 Å². The number of benzene rings is 3. The second-order valence-electron chi connectivity index (χ2n) is 7.07. The van der Waals surface area contributed by atoms with Gasteiger partial charge in [-0.15, -0.1) is 0 Å². The predicted molar refractivity (Wildman–Crippen MR) is 113 cm³/mol. The minimum absolute atomic E-state index is 0.198. The van der Waals surface area contributed by atoms with E-state index in [1.807, 2.05) is 36.4 Å². The molecule has 0 aliphatic heterocycles. The third-order valence-corrected chi connectivity index (χ3v) is 5.55. The van der Waals surface area contributed by atoms with Crippen LogP contribution in [0.1, 0.15) is 25.3 Å². The molecule has 4 nitrogen and oxygen atoms in total. The first-order valence-electron chi connectivity index (χ1n) is 9.43. The Labute approximate surface area is 156 Å². The molecule has 4 heteroatoms. The van der Waals surface area contributed by atoms with E-state index in [-0.39, 0.29) is 5.75 Å². The van der Waals surface area contributed by atoms with Crippen molar-refractivity contribution in [1.82, 2.24) is 9.55 Å². The fraction of sp³-hybridized carbons (Fsp3) is 0.174. The lowest BCUT2D eigenvalue weighted by atomic mass is 10.0. The summed E-state index contributed by atoms with van der Waals surface area (Å²) in [7, 11) is 0. The van der Waals surface area contributed by atoms with Crippen LogP contribution < -0.4 is 0 Å². The smallest absolute Gasteiger partial charge is 0.135 e. The first-order valence-corrected chi connectivity index (χ1v) is 9.43. The number of para-hydroxylation sites is 2. The Kier molecular flexibility index (Phi) is 3.47. The molecular formula is C23H21N3O. The topological polar surface area (TPSA) is 64.8 Å². The number of phenolic OH excluding ortho intramolecular Hbond substituents is 1. The molecule has 5 rings (SSSR count). The van der Waals surface area contributed by atoms with E-state index in [1.54, 1.807) is 0 Å². The fourth-order valence-corrected chi connectivity index (χ4v) is 4.34. The number of aromatic nitrogens is 2. The van der Waals surface area contributed by atoms with E-state index in [4.69, 9.17) is 5.41 Å². The third kappa shape index (κ3) is 2.07. The average Bonchev–Trinajstić information content (AvgIpc) is 3.23. The summed E-state index contributed by atoms with van der Waals surface area (Å²) < 4.78 is 2.32. The van der Waals surface area contributed by atoms with Gasteiger partial charge in [0, 0.05) is 45.5 Å². The van der Waals surface area contributed by atoms with Crippen LogP contribution in [0.4, 0.5) is 0 Å². The first-order chi connectivity index (χ1) is 13.3. The summed E-state index contributed by atoms with van der Waals surface area (Å²) in [6, 6.07) is 16.3. The van der Waals surface area contributed by atoms with Gasteiger partial charge < -0.3 is 20.1 Å². The molecule has 0 unspecified atom stereocenters. The van der Waals surface area contributed by atoms with Crippen LogP contribution in [-0.2, 0) is 6.54 Å². The molecule has 27 heavy (non-hydrogen) atoms. The van der Waals surface area contributed by atoms with E-state index in [9.17, 15) is 5.11 Å². The Bertz CT molecular complexity index is 1340. The summed E-state index contributed by atoms with van der Waals surface area (Å²) in [5.74, 6) is 0.198. The van der Waals surface area contributed by atoms with Crippen LogP contribution in [0.25, 0.3) is 43.6 Å². The van der Waals surface area contributed by atoms with Gasteiger partial charge in [0.25, 0.3) is 0 Å². The fourth-order valence-electron chi connectivity index (χ4n) is 4.34. The number of aromatic amines is 1. The summed E-state index contributed by atoms with van der Waals surface area (Å²) in [5, 5.41) is 23.0. The second kappa shape index (κ2) is 5.88. The summed E-state index contributed by atoms with van der Waals surface area (Å²) in [5.41, 5.74) is 4.75. The van der Waals surface area contributed by atoms with Gasteiger partial charge in [-0.3, -0.25) is 0 Å². The van der Waals surface area contributed by atoms with E-state index in [2.05, 4.69) is 28.6 Å². The Morgan fingerprint density at radius 3 is 2.56 bits per heavy atom. The van der Waals surface area contributed by atoms with Gasteiger partial charge in [0.05, 0.1) is 16.4 Å². The van der Waals surface area contributed by atoms with Crippen molar-refractivity contribution in [2.24, 2.45) is 0 Å². The highest BCUT2D eigenvalue weighted by atomic mass is 16.3. The van der Waals surface area contributed by atoms with E-state index in [0.29, 0.717) is 5.56 Å². The zero-order valence-electron chi connectivity index (χ0n) is 15.2. The lowest BCUT2D eigenvalue weighted by Crippen LogP contribution is -1.98. The van der Waals surface area contributed by atoms with Crippen LogP contribution in [0.15, 0.2) is 48.5 Å². The van der Waals surface area contributed by atoms with Crippen LogP contribution in [0.3, 0.4) is 0 Å². The number of hydrogen-bond acceptors (Lipinski definition) is 2. The van der Waals surface area contributed by atoms with Crippen molar-refractivity contribution in [2.45, 2.75) is 26.3 Å². The van der Waals surface area contributed by atoms with Gasteiger partial charge in [0.1, 0.15) is 5.75 Å². The van der Waals surface area contributed by atoms with Crippen LogP contribution in [-0.4, -0.2) is 20.9 Å². The molecule has 0 radical (unpaired) electrons. The molecule has 0 bridgehead atoms. The third-order valence-electron chi connectivity index (χ3n) is 5.55. The number of aryl methyl sites for hydroxylation is 1. The van der Waals surface area contributed by atoms with Gasteiger partial charge >= 0.3 is 0 Å². The highest BCUT2D eigenvalue weighted by Gasteiger charge is 2.22. The Morgan fingerprint density at radius 1 is 1.04 bits per heavy atom. The van der Waals surface area contributed by atoms with Gasteiger partial charge in [0.15, 0.2) is 0 Å². The number of H-pyrrole nitrogens is 1. The monoisotopic (exact) mass is 355 g/mol. The minimum atomic E-state index is 0.198. The highest BCUT2D eigenvalue weighted by molar-refractivity contribution is 6.28. The lowest BCUT2D eigenvalue weighted by Gasteiger charge is -2.09. The molecule has 0 fully saturated rings. The SMILES string of the molecule is CCCCn1c2ccccc2c2c(O)c(C=N)c3c4ccccc4[nH]c3c21. The van der Waals surface area contributed by atoms with Crippen molar-refractivity contribution in [2.75, 3.05) is 0 Å². The number of aromatic hydroxyl groups is 1. The van der Waals surface area contributed by atoms with E-state index in [0.717, 1.165) is 63.0 Å². The maximum Gasteiger partial charge on any atom is 0.135 e. The molecule has 0 amide bonds. The number of nitrogens with one attached hydrogen (secondary N) is 2. The Hall–Kier alpha value is -3.27. The Balaban J connectivity index is 2.10. The number of phenols is 1. The maximum atomic E-state index is 11.2. The van der Waals surface area contributed by atoms with E-state index < -0.39 is 0 Å². The first kappa shape index (κ1) is 15.9. The number of unbranched alkanes of at least 4 members (excludes halogenated alkanes) is 1. The molecule has 0 spiro atoms. The van der Waals surface area contributed by atoms with Crippen molar-refractivity contribution < 1.29 is 5.11 Å². The number of nitrogens with zero attached hydrogens (tertiary/aromatic N) is 1. The zero-order valence-corrected chi connectivity index (χ0v) is 15.2. The Morgan fingerprint density at radius 2 is 1.78 bits per heavy atom. The molecule has 2 heterocycles. The van der Waals surface area contributed by atoms with Crippen LogP contribution in [0.5, 0.6) is 5.75 Å². The van der Waals surface area contributed by atoms with Crippen molar-refractivity contribution in [3.8, 4) is 5.75 Å². The lowest BCUT2D eigenvalue weighted by molar-refractivity contribution is 0.482. The molecule has 2 aromatic heterocycles. The number of fused-ring (bicyclic) bond motifs is 7. The molecule has 0 aliphatic rings. The van der Waals surface area contributed by atoms with Gasteiger partial charge in [-0.05, 0) is 18.6 Å². The summed E-state index contributed by atoms with van der Waals surface area (Å²) >= 11 is 0. The molecule has 0 saturated heterocycles. The maximum absolute atomic E-state index is 11.2. The van der Waals surface area contributed by atoms with Crippen LogP contribution >= 0.6 is 0 Å². The summed E-state index contributed by atoms with van der Waals surface area (Å²) in [6.45, 7) is 3.09. The van der Waals surface area contributed by atoms with Gasteiger partial charge in [0.2, 0.25) is 0 Å². The summed E-state index contributed by atoms with van der Waals surface area (Å²) in [4.78, 5) is 3.57. The second-order valence-corrected chi connectivity index (χ2v) is 7.07. The standard InChI is InChI=1S/C23H21N3O/c1-2-3-12-26-18-11-7-5-9-15(18)20-22(26)21-19(16(13-24)23(20)27)14-8-4-6-10-17(14)25-21/h4-11,13,24-25,27H,2-3,12H2,1H3. The molecule has 3 N–H and O–H groups in total. The highest BCUT2D eigenvalue weighted by Crippen LogP contribution is 2.44. The number of rotatable bonds is 4. The van der Waals surface area contributed by atoms with Crippen molar-refractivity contribution in [3.63, 3.8) is 0 Å². The van der Waals surface area contributed by atoms with Crippen LogP contribution in [0, 0.1) is 5.41 Å². The normalized spacial score (nSPS) is 11.9. The summed E-state index contributed by atoms with van der Waals surface area (Å²) in [6.07, 6.45) is 3.45. The molecular weight excluding hydrogens is 334 g/mol. The molecule has 0 aliphatic carbocycles. The average molecular weight is 355 g/mol. The largest absolute Gasteiger partial charge is 0.507 e. The quantitative estimate of drug-likeness (QED) is 0.344. The minimum Gasteiger partial charge on any atom is -0.507 e. The number of hydrogen-bond donors (Lipinski definition) is 3. The zero-order chi connectivity index (χ0) is 18.5. The van der Waals surface area contributed by atoms with Crippen molar-refractivity contribution >= 4 is 49.8 Å². The molecule has 5 aromatic rings. The molecule has 0 saturated carbocycles. The van der Waals surface area contributed by atoms with E-state index in [1.165, 1.54) is 6.21 Å². The molecule has 3 aromatic carbocycles. The van der Waals surface area contributed by atoms with Gasteiger partial charge in [-0.25, -0.2) is 0 Å². The van der Waals surface area contributed by atoms with Gasteiger partial charge in [-0.2, -0.15) is 0 Å². The van der Waals surface area contributed by atoms with Crippen LogP contribution in [0.2, 0.25) is 0 Å². The van der Waals surface area contributed by atoms with E-state index >= 15 is 0 Å². The molecule has 0 atom stereocenters. The van der Waals surface area contributed by atoms with Crippen molar-refractivity contribution in [1.29, 1.82) is 5.41 Å².